The van der Waals surface area contributed by atoms with Gasteiger partial charge in [-0.25, -0.2) is 4.90 Å². The molecule has 1 aromatic rings. The molecule has 2 N–H and O–H groups in total. The van der Waals surface area contributed by atoms with Crippen molar-refractivity contribution in [2.24, 2.45) is 5.92 Å². The molecule has 10 heteroatoms. The summed E-state index contributed by atoms with van der Waals surface area (Å²) in [6.45, 7) is 7.65. The van der Waals surface area contributed by atoms with Crippen molar-refractivity contribution in [2.45, 2.75) is 138 Å². The number of likely N-dealkylation sites (tertiary alicyclic amines) is 1. The number of benzene rings is 1. The lowest BCUT2D eigenvalue weighted by molar-refractivity contribution is -0.216. The minimum atomic E-state index is -0.212. The topological polar surface area (TPSA) is 95.3 Å². The number of hydrogen-bond acceptors (Lipinski definition) is 8. The van der Waals surface area contributed by atoms with Gasteiger partial charge in [0.15, 0.2) is 6.35 Å². The van der Waals surface area contributed by atoms with Crippen LogP contribution in [0.15, 0.2) is 24.8 Å². The molecule has 268 valence electrons. The van der Waals surface area contributed by atoms with Crippen LogP contribution in [-0.4, -0.2) is 107 Å². The number of ether oxygens (including phenoxy) is 1. The molecule has 2 saturated carbocycles. The van der Waals surface area contributed by atoms with Crippen molar-refractivity contribution in [2.75, 3.05) is 39.8 Å². The molecule has 0 radical (unpaired) electrons. The summed E-state index contributed by atoms with van der Waals surface area (Å²) in [5.74, 6) is 0.545. The number of carbonyl (C=O) groups is 1. The number of aromatic hydroxyl groups is 1. The van der Waals surface area contributed by atoms with E-state index >= 15 is 0 Å². The van der Waals surface area contributed by atoms with Gasteiger partial charge in [0.1, 0.15) is 5.75 Å². The Morgan fingerprint density at radius 3 is 2.63 bits per heavy atom. The zero-order valence-electron chi connectivity index (χ0n) is 29.5. The second-order valence-corrected chi connectivity index (χ2v) is 16.4. The third-order valence-corrected chi connectivity index (χ3v) is 13.6. The van der Waals surface area contributed by atoms with E-state index in [2.05, 4.69) is 39.7 Å². The van der Waals surface area contributed by atoms with Gasteiger partial charge in [0.25, 0.3) is 0 Å². The van der Waals surface area contributed by atoms with E-state index in [0.717, 1.165) is 45.2 Å². The van der Waals surface area contributed by atoms with Gasteiger partial charge in [-0.3, -0.25) is 15.0 Å². The van der Waals surface area contributed by atoms with E-state index < -0.39 is 0 Å². The van der Waals surface area contributed by atoms with E-state index in [4.69, 9.17) is 16.3 Å². The van der Waals surface area contributed by atoms with Crippen LogP contribution in [0, 0.1) is 17.2 Å². The molecule has 49 heavy (non-hydrogen) atoms. The number of nitriles is 1. The van der Waals surface area contributed by atoms with Crippen LogP contribution in [0.25, 0.3) is 0 Å². The standard InChI is InChI=1S/C39H57ClN6O3/c1-3-36(48)45-21-20-44(25-28(45)15-18-41)37-32-14-17-39(16-13-31-33(39)22-30(47)23-34(31)40)24-35(32)42-38(49-26-29-12-9-19-43(29)2)46(37)27-10-7-5-4-6-8-11-27/h3,22-23,27-29,32,35,37-38,42,47H,1,4-17,19-21,24-26H2,2H3/t28-,29-,32?,35?,37?,38?,39-/m1/s1. The van der Waals surface area contributed by atoms with Crippen molar-refractivity contribution in [3.05, 3.63) is 40.9 Å². The highest BCUT2D eigenvalue weighted by molar-refractivity contribution is 6.31. The molecule has 3 saturated heterocycles. The van der Waals surface area contributed by atoms with Crippen molar-refractivity contribution < 1.29 is 14.6 Å². The Bertz CT molecular complexity index is 1400. The van der Waals surface area contributed by atoms with Crippen LogP contribution in [0.5, 0.6) is 5.75 Å². The predicted molar refractivity (Wildman–Crippen MR) is 192 cm³/mol. The van der Waals surface area contributed by atoms with Crippen LogP contribution >= 0.6 is 11.6 Å². The lowest BCUT2D eigenvalue weighted by atomic mass is 9.63. The molecule has 4 unspecified atom stereocenters. The molecule has 3 heterocycles. The summed E-state index contributed by atoms with van der Waals surface area (Å²) in [6.07, 6.45) is 17.9. The van der Waals surface area contributed by atoms with E-state index in [1.807, 2.05) is 11.0 Å². The number of hydrogen-bond donors (Lipinski definition) is 2. The summed E-state index contributed by atoms with van der Waals surface area (Å²) in [7, 11) is 2.23. The monoisotopic (exact) mass is 692 g/mol. The van der Waals surface area contributed by atoms with Gasteiger partial charge >= 0.3 is 0 Å². The Morgan fingerprint density at radius 2 is 1.90 bits per heavy atom. The van der Waals surface area contributed by atoms with Crippen molar-refractivity contribution >= 4 is 17.5 Å². The van der Waals surface area contributed by atoms with E-state index in [0.29, 0.717) is 49.1 Å². The van der Waals surface area contributed by atoms with E-state index in [1.165, 1.54) is 75.0 Å². The van der Waals surface area contributed by atoms with Gasteiger partial charge < -0.3 is 19.6 Å². The summed E-state index contributed by atoms with van der Waals surface area (Å²) in [4.78, 5) is 22.6. The number of likely N-dealkylation sites (N-methyl/N-ethyl adjacent to an activating group) is 1. The fourth-order valence-corrected chi connectivity index (χ4v) is 11.0. The molecule has 7 atom stereocenters. The second-order valence-electron chi connectivity index (χ2n) is 16.0. The van der Waals surface area contributed by atoms with Crippen LogP contribution in [0.2, 0.25) is 5.02 Å². The van der Waals surface area contributed by atoms with Crippen LogP contribution in [0.1, 0.15) is 101 Å². The maximum atomic E-state index is 12.9. The first-order valence-corrected chi connectivity index (χ1v) is 19.6. The van der Waals surface area contributed by atoms with Crippen LogP contribution in [-0.2, 0) is 21.4 Å². The molecule has 0 bridgehead atoms. The number of nitrogens with zero attached hydrogens (tertiary/aromatic N) is 5. The molecule has 9 nitrogen and oxygen atoms in total. The number of rotatable bonds is 7. The van der Waals surface area contributed by atoms with Crippen molar-refractivity contribution in [3.8, 4) is 11.8 Å². The van der Waals surface area contributed by atoms with Gasteiger partial charge in [-0.05, 0) is 106 Å². The molecule has 1 amide bonds. The Hall–Kier alpha value is -2.19. The van der Waals surface area contributed by atoms with E-state index in [9.17, 15) is 15.2 Å². The summed E-state index contributed by atoms with van der Waals surface area (Å²) < 4.78 is 7.11. The third-order valence-electron chi connectivity index (χ3n) is 13.3. The SMILES string of the molecule is C=CC(=O)N1CCN(C2C3CC[C@]4(CCc5c(Cl)cc(O)cc54)CC3NC(OC[C@H]3CCCN3C)N2C2CCCCCCC2)C[C@H]1CC#N. The number of fused-ring (bicyclic) bond motifs is 3. The van der Waals surface area contributed by atoms with Gasteiger partial charge in [0.2, 0.25) is 5.91 Å². The fourth-order valence-electron chi connectivity index (χ4n) is 10.7. The van der Waals surface area contributed by atoms with Gasteiger partial charge in [0, 0.05) is 48.7 Å². The van der Waals surface area contributed by atoms with E-state index in [-0.39, 0.29) is 41.7 Å². The van der Waals surface area contributed by atoms with Gasteiger partial charge in [0.05, 0.1) is 31.3 Å². The zero-order valence-corrected chi connectivity index (χ0v) is 30.3. The molecule has 1 aromatic carbocycles. The van der Waals surface area contributed by atoms with Crippen LogP contribution in [0.3, 0.4) is 0 Å². The summed E-state index contributed by atoms with van der Waals surface area (Å²) in [6, 6.07) is 6.98. The summed E-state index contributed by atoms with van der Waals surface area (Å²) in [5.41, 5.74) is 2.43. The number of phenolic OH excluding ortho intramolecular Hbond substituents is 1. The normalized spacial score (nSPS) is 35.0. The average Bonchev–Trinajstić information content (AvgIpc) is 3.65. The average molecular weight is 693 g/mol. The fraction of sp³-hybridized carbons (Fsp3) is 0.744. The Kier molecular flexibility index (Phi) is 10.9. The number of nitrogens with one attached hydrogen (secondary N) is 1. The highest BCUT2D eigenvalue weighted by atomic mass is 35.5. The molecule has 1 spiro atoms. The second kappa shape index (κ2) is 15.2. The molecule has 6 aliphatic rings. The number of halogens is 1. The van der Waals surface area contributed by atoms with Crippen molar-refractivity contribution in [1.29, 1.82) is 5.26 Å². The minimum Gasteiger partial charge on any atom is -0.508 e. The third kappa shape index (κ3) is 7.03. The maximum Gasteiger partial charge on any atom is 0.246 e. The molecule has 3 aliphatic heterocycles. The molecular formula is C39H57ClN6O3. The van der Waals surface area contributed by atoms with Crippen LogP contribution in [0.4, 0.5) is 0 Å². The Labute approximate surface area is 298 Å². The highest BCUT2D eigenvalue weighted by Crippen LogP contribution is 2.54. The van der Waals surface area contributed by atoms with Crippen LogP contribution < -0.4 is 5.32 Å². The zero-order chi connectivity index (χ0) is 34.1. The summed E-state index contributed by atoms with van der Waals surface area (Å²) in [5, 5.41) is 25.4. The lowest BCUT2D eigenvalue weighted by Gasteiger charge is -2.60. The highest BCUT2D eigenvalue weighted by Gasteiger charge is 2.55. The molecule has 3 aliphatic carbocycles. The van der Waals surface area contributed by atoms with Gasteiger partial charge in [-0.15, -0.1) is 0 Å². The lowest BCUT2D eigenvalue weighted by Crippen LogP contribution is -2.75. The number of phenols is 1. The summed E-state index contributed by atoms with van der Waals surface area (Å²) >= 11 is 6.72. The predicted octanol–water partition coefficient (Wildman–Crippen LogP) is 5.75. The van der Waals surface area contributed by atoms with Crippen molar-refractivity contribution in [3.63, 3.8) is 0 Å². The first kappa shape index (κ1) is 35.2. The Balaban J connectivity index is 1.25. The number of piperazine rings is 1. The molecular weight excluding hydrogens is 636 g/mol. The number of carbonyl (C=O) groups excluding carboxylic acids is 1. The van der Waals surface area contributed by atoms with Crippen molar-refractivity contribution in [1.82, 2.24) is 24.9 Å². The molecule has 0 aromatic heterocycles. The molecule has 5 fully saturated rings. The quantitative estimate of drug-likeness (QED) is 0.349. The number of amides is 1. The minimum absolute atomic E-state index is 0.0204. The maximum absolute atomic E-state index is 12.9. The Morgan fingerprint density at radius 1 is 1.10 bits per heavy atom. The first-order chi connectivity index (χ1) is 23.8. The largest absolute Gasteiger partial charge is 0.508 e. The van der Waals surface area contributed by atoms with Gasteiger partial charge in [-0.1, -0.05) is 50.3 Å². The van der Waals surface area contributed by atoms with E-state index in [1.54, 1.807) is 6.07 Å². The smallest absolute Gasteiger partial charge is 0.246 e. The van der Waals surface area contributed by atoms with Gasteiger partial charge in [-0.2, -0.15) is 5.26 Å². The first-order valence-electron chi connectivity index (χ1n) is 19.2. The molecule has 7 rings (SSSR count).